The Kier molecular flexibility index (Phi) is 4.16. The number of nitriles is 1. The third-order valence-electron chi connectivity index (χ3n) is 3.45. The van der Waals surface area contributed by atoms with E-state index in [1.165, 1.54) is 25.0 Å². The quantitative estimate of drug-likeness (QED) is 0.890. The summed E-state index contributed by atoms with van der Waals surface area (Å²) in [5, 5.41) is 18.0. The molecule has 0 unspecified atom stereocenters. The van der Waals surface area contributed by atoms with E-state index >= 15 is 0 Å². The van der Waals surface area contributed by atoms with Crippen molar-refractivity contribution in [1.82, 2.24) is 0 Å². The SMILES string of the molecule is N#Cc1cc(F)cc(N(CCO)C2CCCC2)c1. The Morgan fingerprint density at radius 3 is 2.67 bits per heavy atom. The van der Waals surface area contributed by atoms with Gasteiger partial charge < -0.3 is 10.0 Å². The van der Waals surface area contributed by atoms with Gasteiger partial charge in [0, 0.05) is 18.3 Å². The minimum absolute atomic E-state index is 0.0366. The maximum absolute atomic E-state index is 13.5. The Hall–Kier alpha value is -1.60. The maximum atomic E-state index is 13.5. The van der Waals surface area contributed by atoms with E-state index in [0.717, 1.165) is 12.8 Å². The molecular weight excluding hydrogens is 231 g/mol. The van der Waals surface area contributed by atoms with Crippen molar-refractivity contribution in [1.29, 1.82) is 5.26 Å². The van der Waals surface area contributed by atoms with Crippen LogP contribution in [-0.4, -0.2) is 24.3 Å². The van der Waals surface area contributed by atoms with E-state index in [4.69, 9.17) is 10.4 Å². The van der Waals surface area contributed by atoms with E-state index in [1.54, 1.807) is 6.07 Å². The number of benzene rings is 1. The van der Waals surface area contributed by atoms with Gasteiger partial charge in [-0.2, -0.15) is 5.26 Å². The summed E-state index contributed by atoms with van der Waals surface area (Å²) in [6.45, 7) is 0.522. The number of hydrogen-bond donors (Lipinski definition) is 1. The molecule has 96 valence electrons. The van der Waals surface area contributed by atoms with Gasteiger partial charge in [0.2, 0.25) is 0 Å². The summed E-state index contributed by atoms with van der Waals surface area (Å²) in [7, 11) is 0. The van der Waals surface area contributed by atoms with Crippen LogP contribution in [0.15, 0.2) is 18.2 Å². The lowest BCUT2D eigenvalue weighted by molar-refractivity contribution is 0.297. The fraction of sp³-hybridized carbons (Fsp3) is 0.500. The summed E-state index contributed by atoms with van der Waals surface area (Å²) in [6.07, 6.45) is 4.48. The molecule has 1 fully saturated rings. The smallest absolute Gasteiger partial charge is 0.126 e. The zero-order chi connectivity index (χ0) is 13.0. The van der Waals surface area contributed by atoms with Crippen LogP contribution in [0.4, 0.5) is 10.1 Å². The third kappa shape index (κ3) is 2.80. The zero-order valence-electron chi connectivity index (χ0n) is 10.3. The molecule has 0 amide bonds. The zero-order valence-corrected chi connectivity index (χ0v) is 10.3. The molecule has 0 saturated heterocycles. The number of halogens is 1. The Morgan fingerprint density at radius 1 is 1.33 bits per heavy atom. The van der Waals surface area contributed by atoms with Gasteiger partial charge in [-0.25, -0.2) is 4.39 Å². The first-order chi connectivity index (χ1) is 8.74. The molecule has 1 aliphatic carbocycles. The predicted molar refractivity (Wildman–Crippen MR) is 67.8 cm³/mol. The summed E-state index contributed by atoms with van der Waals surface area (Å²) in [4.78, 5) is 2.02. The first-order valence-electron chi connectivity index (χ1n) is 6.33. The van der Waals surface area contributed by atoms with Crippen LogP contribution in [0, 0.1) is 17.1 Å². The highest BCUT2D eigenvalue weighted by Crippen LogP contribution is 2.29. The van der Waals surface area contributed by atoms with Crippen LogP contribution < -0.4 is 4.90 Å². The number of aliphatic hydroxyl groups is 1. The summed E-state index contributed by atoms with van der Waals surface area (Å²) >= 11 is 0. The molecule has 1 aliphatic rings. The number of nitrogens with zero attached hydrogens (tertiary/aromatic N) is 2. The Labute approximate surface area is 106 Å². The number of hydrogen-bond acceptors (Lipinski definition) is 3. The van der Waals surface area contributed by atoms with Crippen LogP contribution in [0.25, 0.3) is 0 Å². The molecule has 1 aromatic carbocycles. The highest BCUT2D eigenvalue weighted by molar-refractivity contribution is 5.53. The Morgan fingerprint density at radius 2 is 2.06 bits per heavy atom. The molecule has 2 rings (SSSR count). The average molecular weight is 248 g/mol. The molecule has 4 heteroatoms. The molecule has 1 aromatic rings. The van der Waals surface area contributed by atoms with Gasteiger partial charge in [-0.05, 0) is 31.0 Å². The first-order valence-corrected chi connectivity index (χ1v) is 6.33. The van der Waals surface area contributed by atoms with Crippen molar-refractivity contribution in [2.24, 2.45) is 0 Å². The van der Waals surface area contributed by atoms with Gasteiger partial charge in [0.25, 0.3) is 0 Å². The molecule has 1 saturated carbocycles. The highest BCUT2D eigenvalue weighted by Gasteiger charge is 2.23. The minimum Gasteiger partial charge on any atom is -0.395 e. The van der Waals surface area contributed by atoms with Gasteiger partial charge in [-0.1, -0.05) is 12.8 Å². The van der Waals surface area contributed by atoms with Crippen molar-refractivity contribution in [3.63, 3.8) is 0 Å². The van der Waals surface area contributed by atoms with Gasteiger partial charge in [0.05, 0.1) is 18.2 Å². The molecule has 0 heterocycles. The highest BCUT2D eigenvalue weighted by atomic mass is 19.1. The summed E-state index contributed by atoms with van der Waals surface area (Å²) in [5.74, 6) is -0.398. The van der Waals surface area contributed by atoms with Crippen molar-refractivity contribution < 1.29 is 9.50 Å². The standard InChI is InChI=1S/C14H17FN2O/c15-12-7-11(10-16)8-14(9-12)17(5-6-18)13-3-1-2-4-13/h7-9,13,18H,1-6H2. The second kappa shape index (κ2) is 5.83. The second-order valence-electron chi connectivity index (χ2n) is 4.67. The largest absolute Gasteiger partial charge is 0.395 e. The molecular formula is C14H17FN2O. The number of rotatable bonds is 4. The van der Waals surface area contributed by atoms with E-state index in [-0.39, 0.29) is 6.61 Å². The first kappa shape index (κ1) is 12.8. The lowest BCUT2D eigenvalue weighted by atomic mass is 10.1. The van der Waals surface area contributed by atoms with Crippen molar-refractivity contribution >= 4 is 5.69 Å². The van der Waals surface area contributed by atoms with Crippen LogP contribution in [0.3, 0.4) is 0 Å². The van der Waals surface area contributed by atoms with Crippen molar-refractivity contribution in [2.45, 2.75) is 31.7 Å². The average Bonchev–Trinajstić information content (AvgIpc) is 2.88. The summed E-state index contributed by atoms with van der Waals surface area (Å²) in [6, 6.07) is 6.68. The van der Waals surface area contributed by atoms with Crippen LogP contribution in [0.2, 0.25) is 0 Å². The topological polar surface area (TPSA) is 47.3 Å². The summed E-state index contributed by atoms with van der Waals surface area (Å²) in [5.41, 5.74) is 1.03. The predicted octanol–water partition coefficient (Wildman–Crippen LogP) is 2.44. The molecule has 0 spiro atoms. The third-order valence-corrected chi connectivity index (χ3v) is 3.45. The van der Waals surface area contributed by atoms with Gasteiger partial charge in [-0.15, -0.1) is 0 Å². The van der Waals surface area contributed by atoms with Crippen LogP contribution in [0.1, 0.15) is 31.2 Å². The second-order valence-corrected chi connectivity index (χ2v) is 4.67. The number of aliphatic hydroxyl groups excluding tert-OH is 1. The molecule has 0 bridgehead atoms. The lowest BCUT2D eigenvalue weighted by Gasteiger charge is -2.30. The van der Waals surface area contributed by atoms with Crippen molar-refractivity contribution in [2.75, 3.05) is 18.1 Å². The van der Waals surface area contributed by atoms with Gasteiger partial charge in [-0.3, -0.25) is 0 Å². The van der Waals surface area contributed by atoms with E-state index in [0.29, 0.717) is 23.8 Å². The molecule has 0 radical (unpaired) electrons. The Bertz CT molecular complexity index is 450. The van der Waals surface area contributed by atoms with Gasteiger partial charge in [0.15, 0.2) is 0 Å². The van der Waals surface area contributed by atoms with Crippen LogP contribution >= 0.6 is 0 Å². The maximum Gasteiger partial charge on any atom is 0.126 e. The normalized spacial score (nSPS) is 15.6. The summed E-state index contributed by atoms with van der Waals surface area (Å²) < 4.78 is 13.5. The monoisotopic (exact) mass is 248 g/mol. The fourth-order valence-electron chi connectivity index (χ4n) is 2.65. The van der Waals surface area contributed by atoms with Crippen molar-refractivity contribution in [3.05, 3.63) is 29.6 Å². The molecule has 0 aliphatic heterocycles. The Balaban J connectivity index is 2.29. The van der Waals surface area contributed by atoms with E-state index in [2.05, 4.69) is 0 Å². The number of anilines is 1. The molecule has 0 atom stereocenters. The van der Waals surface area contributed by atoms with E-state index in [9.17, 15) is 4.39 Å². The van der Waals surface area contributed by atoms with Crippen molar-refractivity contribution in [3.8, 4) is 6.07 Å². The van der Waals surface area contributed by atoms with E-state index in [1.807, 2.05) is 11.0 Å². The molecule has 18 heavy (non-hydrogen) atoms. The lowest BCUT2D eigenvalue weighted by Crippen LogP contribution is -2.35. The molecule has 3 nitrogen and oxygen atoms in total. The molecule has 0 aromatic heterocycles. The van der Waals surface area contributed by atoms with Gasteiger partial charge >= 0.3 is 0 Å². The van der Waals surface area contributed by atoms with Crippen LogP contribution in [0.5, 0.6) is 0 Å². The fourth-order valence-corrected chi connectivity index (χ4v) is 2.65. The molecule has 1 N–H and O–H groups in total. The van der Waals surface area contributed by atoms with E-state index < -0.39 is 5.82 Å². The minimum atomic E-state index is -0.398. The van der Waals surface area contributed by atoms with Crippen LogP contribution in [-0.2, 0) is 0 Å². The van der Waals surface area contributed by atoms with Gasteiger partial charge in [0.1, 0.15) is 5.82 Å².